The minimum atomic E-state index is -0.784. The number of hydrogen-bond donors (Lipinski definition) is 1. The molecule has 0 aliphatic carbocycles. The Morgan fingerprint density at radius 1 is 1.12 bits per heavy atom. The van der Waals surface area contributed by atoms with Gasteiger partial charge in [0.05, 0.1) is 19.8 Å². The molecule has 0 heterocycles. The van der Waals surface area contributed by atoms with Gasteiger partial charge >= 0.3 is 5.97 Å². The molecule has 1 N–H and O–H groups in total. The van der Waals surface area contributed by atoms with E-state index in [2.05, 4.69) is 21.2 Å². The standard InChI is InChI=1S/C18H18BrNO4/c1-23-16-9-8-13(19)11-14(16)17(21)20-15(18(22)24-2)10-12-6-4-3-5-7-12/h3-9,11,15H,10H2,1-2H3,(H,20,21). The molecule has 0 aliphatic rings. The Morgan fingerprint density at radius 3 is 2.46 bits per heavy atom. The normalized spacial score (nSPS) is 11.5. The predicted molar refractivity (Wildman–Crippen MR) is 94.1 cm³/mol. The van der Waals surface area contributed by atoms with E-state index in [1.54, 1.807) is 18.2 Å². The van der Waals surface area contributed by atoms with E-state index in [0.29, 0.717) is 17.7 Å². The van der Waals surface area contributed by atoms with Gasteiger partial charge in [-0.3, -0.25) is 4.79 Å². The highest BCUT2D eigenvalue weighted by Gasteiger charge is 2.24. The first-order valence-corrected chi connectivity index (χ1v) is 8.10. The monoisotopic (exact) mass is 391 g/mol. The lowest BCUT2D eigenvalue weighted by Crippen LogP contribution is -2.43. The van der Waals surface area contributed by atoms with Crippen LogP contribution < -0.4 is 10.1 Å². The fourth-order valence-electron chi connectivity index (χ4n) is 2.28. The Kier molecular flexibility index (Phi) is 6.37. The van der Waals surface area contributed by atoms with E-state index in [-0.39, 0.29) is 0 Å². The second kappa shape index (κ2) is 8.49. The van der Waals surface area contributed by atoms with E-state index >= 15 is 0 Å². The summed E-state index contributed by atoms with van der Waals surface area (Å²) >= 11 is 3.33. The van der Waals surface area contributed by atoms with Gasteiger partial charge in [-0.2, -0.15) is 0 Å². The van der Waals surface area contributed by atoms with Crippen LogP contribution in [-0.2, 0) is 16.0 Å². The number of amides is 1. The molecular weight excluding hydrogens is 374 g/mol. The van der Waals surface area contributed by atoms with Crippen molar-refractivity contribution in [1.82, 2.24) is 5.32 Å². The number of hydrogen-bond acceptors (Lipinski definition) is 4. The molecule has 1 amide bonds. The molecule has 1 atom stereocenters. The molecule has 2 rings (SSSR count). The Hall–Kier alpha value is -2.34. The molecule has 6 heteroatoms. The third-order valence-corrected chi connectivity index (χ3v) is 3.97. The molecule has 0 bridgehead atoms. The van der Waals surface area contributed by atoms with Crippen LogP contribution in [0.25, 0.3) is 0 Å². The molecule has 0 radical (unpaired) electrons. The second-order valence-electron chi connectivity index (χ2n) is 5.08. The van der Waals surface area contributed by atoms with Gasteiger partial charge in [0.1, 0.15) is 11.8 Å². The summed E-state index contributed by atoms with van der Waals surface area (Å²) in [4.78, 5) is 24.6. The minimum Gasteiger partial charge on any atom is -0.496 e. The number of methoxy groups -OCH3 is 2. The third-order valence-electron chi connectivity index (χ3n) is 3.48. The summed E-state index contributed by atoms with van der Waals surface area (Å²) in [6, 6.07) is 13.7. The highest BCUT2D eigenvalue weighted by molar-refractivity contribution is 9.10. The van der Waals surface area contributed by atoms with Crippen LogP contribution in [0, 0.1) is 0 Å². The van der Waals surface area contributed by atoms with Gasteiger partial charge in [0.15, 0.2) is 0 Å². The molecule has 2 aromatic carbocycles. The van der Waals surface area contributed by atoms with Crippen molar-refractivity contribution >= 4 is 27.8 Å². The molecule has 0 saturated carbocycles. The third kappa shape index (κ3) is 4.58. The van der Waals surface area contributed by atoms with Crippen LogP contribution in [0.1, 0.15) is 15.9 Å². The van der Waals surface area contributed by atoms with Gasteiger partial charge in [0, 0.05) is 10.9 Å². The molecule has 2 aromatic rings. The lowest BCUT2D eigenvalue weighted by Gasteiger charge is -2.17. The number of benzene rings is 2. The summed E-state index contributed by atoms with van der Waals surface area (Å²) in [6.45, 7) is 0. The Morgan fingerprint density at radius 2 is 1.83 bits per heavy atom. The topological polar surface area (TPSA) is 64.6 Å². The lowest BCUT2D eigenvalue weighted by molar-refractivity contribution is -0.142. The zero-order valence-electron chi connectivity index (χ0n) is 13.4. The number of esters is 1. The van der Waals surface area contributed by atoms with E-state index in [4.69, 9.17) is 9.47 Å². The predicted octanol–water partition coefficient (Wildman–Crippen LogP) is 2.97. The first-order valence-electron chi connectivity index (χ1n) is 7.31. The summed E-state index contributed by atoms with van der Waals surface area (Å²) in [6.07, 6.45) is 0.343. The number of carbonyl (C=O) groups excluding carboxylic acids is 2. The summed E-state index contributed by atoms with van der Waals surface area (Å²) < 4.78 is 10.8. The quantitative estimate of drug-likeness (QED) is 0.768. The smallest absolute Gasteiger partial charge is 0.328 e. The zero-order valence-corrected chi connectivity index (χ0v) is 15.0. The van der Waals surface area contributed by atoms with Crippen LogP contribution in [0.3, 0.4) is 0 Å². The van der Waals surface area contributed by atoms with E-state index in [0.717, 1.165) is 10.0 Å². The number of carbonyl (C=O) groups is 2. The van der Waals surface area contributed by atoms with E-state index < -0.39 is 17.9 Å². The highest BCUT2D eigenvalue weighted by Crippen LogP contribution is 2.23. The van der Waals surface area contributed by atoms with Crippen molar-refractivity contribution in [2.24, 2.45) is 0 Å². The second-order valence-corrected chi connectivity index (χ2v) is 6.00. The molecule has 0 spiro atoms. The van der Waals surface area contributed by atoms with Gasteiger partial charge in [0.2, 0.25) is 0 Å². The van der Waals surface area contributed by atoms with Crippen molar-refractivity contribution in [3.63, 3.8) is 0 Å². The zero-order chi connectivity index (χ0) is 17.5. The van der Waals surface area contributed by atoms with Gasteiger partial charge < -0.3 is 14.8 Å². The molecular formula is C18H18BrNO4. The van der Waals surface area contributed by atoms with Crippen molar-refractivity contribution in [3.8, 4) is 5.75 Å². The Bertz CT molecular complexity index is 718. The number of nitrogens with one attached hydrogen (secondary N) is 1. The van der Waals surface area contributed by atoms with Crippen molar-refractivity contribution < 1.29 is 19.1 Å². The van der Waals surface area contributed by atoms with E-state index in [9.17, 15) is 9.59 Å². The van der Waals surface area contributed by atoms with Gasteiger partial charge in [-0.05, 0) is 23.8 Å². The van der Waals surface area contributed by atoms with Crippen molar-refractivity contribution in [2.75, 3.05) is 14.2 Å². The van der Waals surface area contributed by atoms with Crippen LogP contribution >= 0.6 is 15.9 Å². The van der Waals surface area contributed by atoms with E-state index in [1.807, 2.05) is 30.3 Å². The summed E-state index contributed by atoms with van der Waals surface area (Å²) in [7, 11) is 2.79. The maximum Gasteiger partial charge on any atom is 0.328 e. The number of ether oxygens (including phenoxy) is 2. The SMILES string of the molecule is COC(=O)C(Cc1ccccc1)NC(=O)c1cc(Br)ccc1OC. The highest BCUT2D eigenvalue weighted by atomic mass is 79.9. The van der Waals surface area contributed by atoms with Gasteiger partial charge in [0.25, 0.3) is 5.91 Å². The maximum atomic E-state index is 12.6. The average Bonchev–Trinajstić information content (AvgIpc) is 2.61. The number of rotatable bonds is 6. The number of halogens is 1. The summed E-state index contributed by atoms with van der Waals surface area (Å²) in [5.41, 5.74) is 1.27. The van der Waals surface area contributed by atoms with Crippen LogP contribution in [0.15, 0.2) is 53.0 Å². The molecule has 0 aromatic heterocycles. The minimum absolute atomic E-state index is 0.342. The molecule has 126 valence electrons. The summed E-state index contributed by atoms with van der Waals surface area (Å²) in [5, 5.41) is 2.72. The van der Waals surface area contributed by atoms with Crippen LogP contribution in [0.5, 0.6) is 5.75 Å². The molecule has 0 aliphatic heterocycles. The Labute approximate surface area is 149 Å². The summed E-state index contributed by atoms with van der Waals surface area (Å²) in [5.74, 6) is -0.473. The Balaban J connectivity index is 2.21. The molecule has 0 saturated heterocycles. The fraction of sp³-hybridized carbons (Fsp3) is 0.222. The first kappa shape index (κ1) is 18.0. The van der Waals surface area contributed by atoms with Crippen molar-refractivity contribution in [1.29, 1.82) is 0 Å². The lowest BCUT2D eigenvalue weighted by atomic mass is 10.1. The molecule has 0 fully saturated rings. The first-order chi connectivity index (χ1) is 11.5. The average molecular weight is 392 g/mol. The molecule has 5 nitrogen and oxygen atoms in total. The van der Waals surface area contributed by atoms with Crippen molar-refractivity contribution in [3.05, 3.63) is 64.1 Å². The fourth-order valence-corrected chi connectivity index (χ4v) is 2.64. The molecule has 24 heavy (non-hydrogen) atoms. The largest absolute Gasteiger partial charge is 0.496 e. The van der Waals surface area contributed by atoms with Gasteiger partial charge in [-0.25, -0.2) is 4.79 Å². The van der Waals surface area contributed by atoms with Crippen LogP contribution in [0.4, 0.5) is 0 Å². The van der Waals surface area contributed by atoms with Gasteiger partial charge in [-0.15, -0.1) is 0 Å². The maximum absolute atomic E-state index is 12.6. The van der Waals surface area contributed by atoms with Crippen LogP contribution in [0.2, 0.25) is 0 Å². The van der Waals surface area contributed by atoms with Crippen LogP contribution in [-0.4, -0.2) is 32.1 Å². The van der Waals surface area contributed by atoms with E-state index in [1.165, 1.54) is 14.2 Å². The van der Waals surface area contributed by atoms with Crippen molar-refractivity contribution in [2.45, 2.75) is 12.5 Å². The van der Waals surface area contributed by atoms with Gasteiger partial charge in [-0.1, -0.05) is 46.3 Å². The molecule has 1 unspecified atom stereocenters.